The van der Waals surface area contributed by atoms with E-state index < -0.39 is 11.6 Å². The van der Waals surface area contributed by atoms with E-state index in [0.29, 0.717) is 43.0 Å². The Balaban J connectivity index is 1.71. The van der Waals surface area contributed by atoms with Crippen LogP contribution in [0.4, 0.5) is 8.78 Å². The highest BCUT2D eigenvalue weighted by Crippen LogP contribution is 2.10. The molecule has 122 valence electrons. The van der Waals surface area contributed by atoms with Gasteiger partial charge in [-0.05, 0) is 42.5 Å². The summed E-state index contributed by atoms with van der Waals surface area (Å²) >= 11 is 0. The second-order valence-corrected chi connectivity index (χ2v) is 5.36. The van der Waals surface area contributed by atoms with E-state index in [-0.39, 0.29) is 5.91 Å². The van der Waals surface area contributed by atoms with E-state index in [4.69, 9.17) is 4.74 Å². The number of benzene rings is 2. The van der Waals surface area contributed by atoms with Gasteiger partial charge in [-0.2, -0.15) is 0 Å². The second kappa shape index (κ2) is 7.24. The third-order valence-corrected chi connectivity index (χ3v) is 3.70. The summed E-state index contributed by atoms with van der Waals surface area (Å²) in [6, 6.07) is 10.4. The highest BCUT2D eigenvalue weighted by Gasteiger charge is 2.17. The lowest BCUT2D eigenvalue weighted by Gasteiger charge is -2.26. The molecule has 1 saturated heterocycles. The maximum Gasteiger partial charge on any atom is 0.254 e. The van der Waals surface area contributed by atoms with Gasteiger partial charge in [-0.25, -0.2) is 8.78 Å². The van der Waals surface area contributed by atoms with Gasteiger partial charge in [0.2, 0.25) is 0 Å². The summed E-state index contributed by atoms with van der Waals surface area (Å²) < 4.78 is 31.2. The lowest BCUT2D eigenvalue weighted by molar-refractivity contribution is 0.0303. The third-order valence-electron chi connectivity index (χ3n) is 3.70. The molecule has 1 aliphatic heterocycles. The highest BCUT2D eigenvalue weighted by atomic mass is 19.2. The predicted molar refractivity (Wildman–Crippen MR) is 85.5 cm³/mol. The van der Waals surface area contributed by atoms with Gasteiger partial charge in [0.15, 0.2) is 11.6 Å². The molecule has 3 rings (SSSR count). The van der Waals surface area contributed by atoms with Gasteiger partial charge in [0.1, 0.15) is 0 Å². The zero-order valence-corrected chi connectivity index (χ0v) is 12.9. The van der Waals surface area contributed by atoms with Crippen LogP contribution in [0.15, 0.2) is 42.5 Å². The fourth-order valence-corrected chi connectivity index (χ4v) is 2.36. The largest absolute Gasteiger partial charge is 0.378 e. The molecule has 3 nitrogen and oxygen atoms in total. The Labute approximate surface area is 138 Å². The monoisotopic (exact) mass is 327 g/mol. The number of nitrogens with zero attached hydrogens (tertiary/aromatic N) is 1. The van der Waals surface area contributed by atoms with Crippen molar-refractivity contribution in [1.29, 1.82) is 0 Å². The lowest BCUT2D eigenvalue weighted by Crippen LogP contribution is -2.40. The summed E-state index contributed by atoms with van der Waals surface area (Å²) in [4.78, 5) is 14.1. The normalized spacial score (nSPS) is 14.0. The second-order valence-electron chi connectivity index (χ2n) is 5.36. The first-order chi connectivity index (χ1) is 11.6. The van der Waals surface area contributed by atoms with E-state index in [2.05, 4.69) is 11.8 Å². The number of carbonyl (C=O) groups is 1. The van der Waals surface area contributed by atoms with Crippen molar-refractivity contribution in [3.05, 3.63) is 70.8 Å². The quantitative estimate of drug-likeness (QED) is 0.754. The summed E-state index contributed by atoms with van der Waals surface area (Å²) in [5, 5.41) is 0. The number of hydrogen-bond donors (Lipinski definition) is 0. The van der Waals surface area contributed by atoms with Gasteiger partial charge in [0.25, 0.3) is 5.91 Å². The minimum Gasteiger partial charge on any atom is -0.378 e. The summed E-state index contributed by atoms with van der Waals surface area (Å²) in [5.74, 6) is 3.79. The first-order valence-corrected chi connectivity index (χ1v) is 7.57. The summed E-state index contributed by atoms with van der Waals surface area (Å²) in [6.45, 7) is 2.31. The fourth-order valence-electron chi connectivity index (χ4n) is 2.36. The van der Waals surface area contributed by atoms with E-state index in [0.717, 1.165) is 12.1 Å². The Morgan fingerprint density at radius 2 is 1.54 bits per heavy atom. The Kier molecular flexibility index (Phi) is 4.88. The van der Waals surface area contributed by atoms with Crippen LogP contribution in [0.25, 0.3) is 0 Å². The van der Waals surface area contributed by atoms with E-state index in [1.165, 1.54) is 6.07 Å². The smallest absolute Gasteiger partial charge is 0.254 e. The molecule has 0 saturated carbocycles. The lowest BCUT2D eigenvalue weighted by atomic mass is 10.1. The number of halogens is 2. The van der Waals surface area contributed by atoms with Gasteiger partial charge in [-0.15, -0.1) is 0 Å². The first-order valence-electron chi connectivity index (χ1n) is 7.57. The number of morpholine rings is 1. The van der Waals surface area contributed by atoms with Crippen LogP contribution >= 0.6 is 0 Å². The van der Waals surface area contributed by atoms with Crippen LogP contribution in [0.5, 0.6) is 0 Å². The maximum atomic E-state index is 13.1. The number of ether oxygens (including phenoxy) is 1. The molecule has 1 fully saturated rings. The molecule has 0 spiro atoms. The van der Waals surface area contributed by atoms with Crippen molar-refractivity contribution in [1.82, 2.24) is 4.90 Å². The van der Waals surface area contributed by atoms with Gasteiger partial charge in [0, 0.05) is 29.8 Å². The summed E-state index contributed by atoms with van der Waals surface area (Å²) in [6.07, 6.45) is 0. The average Bonchev–Trinajstić information content (AvgIpc) is 2.63. The van der Waals surface area contributed by atoms with E-state index in [1.54, 1.807) is 29.2 Å². The van der Waals surface area contributed by atoms with Gasteiger partial charge >= 0.3 is 0 Å². The molecule has 0 aliphatic carbocycles. The SMILES string of the molecule is O=C(c1ccc(C#Cc2ccc(F)c(F)c2)cc1)N1CCOCC1. The Morgan fingerprint density at radius 3 is 2.21 bits per heavy atom. The molecular weight excluding hydrogens is 312 g/mol. The molecular formula is C19H15F2NO2. The van der Waals surface area contributed by atoms with Gasteiger partial charge in [-0.3, -0.25) is 4.79 Å². The van der Waals surface area contributed by atoms with E-state index in [1.807, 2.05) is 0 Å². The van der Waals surface area contributed by atoms with Crippen LogP contribution in [-0.2, 0) is 4.74 Å². The van der Waals surface area contributed by atoms with Crippen LogP contribution in [0.1, 0.15) is 21.5 Å². The van der Waals surface area contributed by atoms with Gasteiger partial charge in [0.05, 0.1) is 13.2 Å². The third kappa shape index (κ3) is 3.79. The van der Waals surface area contributed by atoms with Crippen molar-refractivity contribution in [3.8, 4) is 11.8 Å². The molecule has 0 atom stereocenters. The molecule has 1 aliphatic rings. The maximum absolute atomic E-state index is 13.1. The molecule has 0 radical (unpaired) electrons. The molecule has 1 heterocycles. The van der Waals surface area contributed by atoms with Crippen LogP contribution in [-0.4, -0.2) is 37.1 Å². The van der Waals surface area contributed by atoms with Crippen molar-refractivity contribution >= 4 is 5.91 Å². The molecule has 0 N–H and O–H groups in total. The van der Waals surface area contributed by atoms with Crippen molar-refractivity contribution in [3.63, 3.8) is 0 Å². The Bertz CT molecular complexity index is 800. The molecule has 5 heteroatoms. The first kappa shape index (κ1) is 16.2. The molecule has 0 unspecified atom stereocenters. The minimum absolute atomic E-state index is 0.0292. The zero-order chi connectivity index (χ0) is 16.9. The summed E-state index contributed by atoms with van der Waals surface area (Å²) in [7, 11) is 0. The van der Waals surface area contributed by atoms with Crippen molar-refractivity contribution in [2.75, 3.05) is 26.3 Å². The zero-order valence-electron chi connectivity index (χ0n) is 12.9. The Morgan fingerprint density at radius 1 is 0.917 bits per heavy atom. The van der Waals surface area contributed by atoms with Gasteiger partial charge < -0.3 is 9.64 Å². The highest BCUT2D eigenvalue weighted by molar-refractivity contribution is 5.94. The van der Waals surface area contributed by atoms with Gasteiger partial charge in [-0.1, -0.05) is 11.8 Å². The van der Waals surface area contributed by atoms with E-state index >= 15 is 0 Å². The van der Waals surface area contributed by atoms with Crippen molar-refractivity contribution < 1.29 is 18.3 Å². The standard InChI is InChI=1S/C19H15F2NO2/c20-17-8-5-15(13-18(17)21)2-1-14-3-6-16(7-4-14)19(23)22-9-11-24-12-10-22/h3-8,13H,9-12H2. The van der Waals surface area contributed by atoms with E-state index in [9.17, 15) is 13.6 Å². The molecule has 0 bridgehead atoms. The number of carbonyl (C=O) groups excluding carboxylic acids is 1. The van der Waals surface area contributed by atoms with Crippen LogP contribution in [0.3, 0.4) is 0 Å². The van der Waals surface area contributed by atoms with Crippen molar-refractivity contribution in [2.24, 2.45) is 0 Å². The number of amides is 1. The predicted octanol–water partition coefficient (Wildman–Crippen LogP) is 2.84. The number of hydrogen-bond acceptors (Lipinski definition) is 2. The summed E-state index contributed by atoms with van der Waals surface area (Å²) in [5.41, 5.74) is 1.68. The molecule has 2 aromatic carbocycles. The average molecular weight is 327 g/mol. The Hall–Kier alpha value is -2.71. The molecule has 2 aromatic rings. The molecule has 0 aromatic heterocycles. The van der Waals surface area contributed by atoms with Crippen LogP contribution < -0.4 is 0 Å². The minimum atomic E-state index is -0.923. The van der Waals surface area contributed by atoms with Crippen LogP contribution in [0, 0.1) is 23.5 Å². The molecule has 24 heavy (non-hydrogen) atoms. The molecule has 1 amide bonds. The van der Waals surface area contributed by atoms with Crippen molar-refractivity contribution in [2.45, 2.75) is 0 Å². The fraction of sp³-hybridized carbons (Fsp3) is 0.211. The number of rotatable bonds is 1. The topological polar surface area (TPSA) is 29.5 Å². The van der Waals surface area contributed by atoms with Crippen LogP contribution in [0.2, 0.25) is 0 Å².